The zero-order valence-electron chi connectivity index (χ0n) is 10.2. The SMILES string of the molecule is C=C(C[N+]([O-])=C1CCCCC1)c1ccccc1. The second-order valence-corrected chi connectivity index (χ2v) is 4.63. The molecule has 0 aliphatic heterocycles. The number of benzene rings is 1. The monoisotopic (exact) mass is 229 g/mol. The molecular weight excluding hydrogens is 210 g/mol. The maximum Gasteiger partial charge on any atom is 0.178 e. The third kappa shape index (κ3) is 3.19. The molecule has 1 fully saturated rings. The number of hydrogen-bond acceptors (Lipinski definition) is 1. The molecule has 0 unspecified atom stereocenters. The quantitative estimate of drug-likeness (QED) is 0.441. The Balaban J connectivity index is 2.03. The van der Waals surface area contributed by atoms with Crippen molar-refractivity contribution in [2.24, 2.45) is 0 Å². The molecule has 1 aromatic carbocycles. The van der Waals surface area contributed by atoms with Crippen LogP contribution in [0.2, 0.25) is 0 Å². The molecule has 1 aliphatic rings. The summed E-state index contributed by atoms with van der Waals surface area (Å²) in [6, 6.07) is 9.93. The summed E-state index contributed by atoms with van der Waals surface area (Å²) in [5, 5.41) is 12.0. The lowest BCUT2D eigenvalue weighted by molar-refractivity contribution is -0.446. The Morgan fingerprint density at radius 1 is 1.12 bits per heavy atom. The van der Waals surface area contributed by atoms with Crippen molar-refractivity contribution in [3.8, 4) is 0 Å². The lowest BCUT2D eigenvalue weighted by atomic mass is 9.98. The van der Waals surface area contributed by atoms with Gasteiger partial charge in [0.25, 0.3) is 0 Å². The molecule has 0 heterocycles. The van der Waals surface area contributed by atoms with Gasteiger partial charge in [0.15, 0.2) is 12.3 Å². The van der Waals surface area contributed by atoms with Crippen molar-refractivity contribution in [1.29, 1.82) is 0 Å². The molecule has 1 aromatic rings. The smallest absolute Gasteiger partial charge is 0.178 e. The van der Waals surface area contributed by atoms with E-state index < -0.39 is 0 Å². The maximum absolute atomic E-state index is 12.0. The van der Waals surface area contributed by atoms with E-state index in [9.17, 15) is 5.21 Å². The van der Waals surface area contributed by atoms with Crippen LogP contribution in [0.5, 0.6) is 0 Å². The fourth-order valence-corrected chi connectivity index (χ4v) is 2.26. The first-order chi connectivity index (χ1) is 8.27. The minimum Gasteiger partial charge on any atom is -0.624 e. The van der Waals surface area contributed by atoms with E-state index in [0.29, 0.717) is 6.54 Å². The molecule has 0 bridgehead atoms. The Morgan fingerprint density at radius 2 is 1.76 bits per heavy atom. The average molecular weight is 229 g/mol. The molecule has 2 heteroatoms. The Labute approximate surface area is 103 Å². The van der Waals surface area contributed by atoms with Gasteiger partial charge in [-0.25, -0.2) is 4.74 Å². The van der Waals surface area contributed by atoms with E-state index in [1.165, 1.54) is 6.42 Å². The van der Waals surface area contributed by atoms with E-state index in [1.807, 2.05) is 30.3 Å². The fraction of sp³-hybridized carbons (Fsp3) is 0.400. The highest BCUT2D eigenvalue weighted by Crippen LogP contribution is 2.16. The molecule has 17 heavy (non-hydrogen) atoms. The van der Waals surface area contributed by atoms with Crippen molar-refractivity contribution in [3.63, 3.8) is 0 Å². The molecule has 0 amide bonds. The third-order valence-corrected chi connectivity index (χ3v) is 3.30. The molecule has 0 saturated heterocycles. The standard InChI is InChI=1S/C15H19NO/c1-13(14-8-4-2-5-9-14)12-16(17)15-10-6-3-7-11-15/h2,4-5,8-9H,1,3,6-7,10-12H2. The first-order valence-electron chi connectivity index (χ1n) is 6.30. The minimum absolute atomic E-state index is 0.402. The van der Waals surface area contributed by atoms with E-state index in [2.05, 4.69) is 6.58 Å². The van der Waals surface area contributed by atoms with Gasteiger partial charge in [-0.05, 0) is 18.4 Å². The van der Waals surface area contributed by atoms with Crippen molar-refractivity contribution in [2.75, 3.05) is 6.54 Å². The van der Waals surface area contributed by atoms with Crippen LogP contribution in [0.1, 0.15) is 37.7 Å². The van der Waals surface area contributed by atoms with E-state index in [0.717, 1.165) is 47.3 Å². The highest BCUT2D eigenvalue weighted by Gasteiger charge is 2.15. The van der Waals surface area contributed by atoms with Gasteiger partial charge in [0, 0.05) is 18.4 Å². The Morgan fingerprint density at radius 3 is 2.41 bits per heavy atom. The van der Waals surface area contributed by atoms with Crippen molar-refractivity contribution >= 4 is 11.3 Å². The van der Waals surface area contributed by atoms with E-state index in [1.54, 1.807) is 0 Å². The van der Waals surface area contributed by atoms with Crippen LogP contribution < -0.4 is 0 Å². The van der Waals surface area contributed by atoms with Crippen molar-refractivity contribution in [1.82, 2.24) is 0 Å². The molecule has 0 atom stereocenters. The highest BCUT2D eigenvalue weighted by molar-refractivity contribution is 5.80. The minimum atomic E-state index is 0.402. The normalized spacial score (nSPS) is 15.6. The number of rotatable bonds is 3. The lowest BCUT2D eigenvalue weighted by Crippen LogP contribution is -2.20. The van der Waals surface area contributed by atoms with Crippen molar-refractivity contribution in [2.45, 2.75) is 32.1 Å². The second kappa shape index (κ2) is 5.67. The Hall–Kier alpha value is -1.57. The van der Waals surface area contributed by atoms with Gasteiger partial charge in [0.05, 0.1) is 0 Å². The van der Waals surface area contributed by atoms with Gasteiger partial charge in [-0.1, -0.05) is 43.3 Å². The van der Waals surface area contributed by atoms with Crippen molar-refractivity contribution < 1.29 is 4.74 Å². The second-order valence-electron chi connectivity index (χ2n) is 4.63. The topological polar surface area (TPSA) is 26.1 Å². The maximum atomic E-state index is 12.0. The molecule has 1 aliphatic carbocycles. The third-order valence-electron chi connectivity index (χ3n) is 3.30. The van der Waals surface area contributed by atoms with Gasteiger partial charge in [0.2, 0.25) is 0 Å². The van der Waals surface area contributed by atoms with Crippen LogP contribution >= 0.6 is 0 Å². The van der Waals surface area contributed by atoms with Gasteiger partial charge in [-0.3, -0.25) is 0 Å². The summed E-state index contributed by atoms with van der Waals surface area (Å²) in [5.41, 5.74) is 3.01. The Kier molecular flexibility index (Phi) is 3.97. The van der Waals surface area contributed by atoms with E-state index in [-0.39, 0.29) is 0 Å². The van der Waals surface area contributed by atoms with Gasteiger partial charge in [-0.2, -0.15) is 0 Å². The first kappa shape index (κ1) is 11.9. The van der Waals surface area contributed by atoms with E-state index >= 15 is 0 Å². The van der Waals surface area contributed by atoms with Gasteiger partial charge in [-0.15, -0.1) is 0 Å². The van der Waals surface area contributed by atoms with Gasteiger partial charge >= 0.3 is 0 Å². The predicted octanol–water partition coefficient (Wildman–Crippen LogP) is 3.62. The molecule has 90 valence electrons. The summed E-state index contributed by atoms with van der Waals surface area (Å²) in [4.78, 5) is 0. The molecule has 0 spiro atoms. The zero-order chi connectivity index (χ0) is 12.1. The zero-order valence-corrected chi connectivity index (χ0v) is 10.2. The summed E-state index contributed by atoms with van der Waals surface area (Å²) in [5.74, 6) is 0. The van der Waals surface area contributed by atoms with Crippen LogP contribution in [0.15, 0.2) is 36.9 Å². The summed E-state index contributed by atoms with van der Waals surface area (Å²) >= 11 is 0. The van der Waals surface area contributed by atoms with Crippen LogP contribution in [0.4, 0.5) is 0 Å². The van der Waals surface area contributed by atoms with Crippen LogP contribution in [-0.4, -0.2) is 17.0 Å². The summed E-state index contributed by atoms with van der Waals surface area (Å²) < 4.78 is 1.15. The average Bonchev–Trinajstić information content (AvgIpc) is 2.40. The molecule has 0 radical (unpaired) electrons. The number of nitrogens with zero attached hydrogens (tertiary/aromatic N) is 1. The van der Waals surface area contributed by atoms with Gasteiger partial charge in [0.1, 0.15) is 0 Å². The van der Waals surface area contributed by atoms with Crippen LogP contribution in [0.3, 0.4) is 0 Å². The van der Waals surface area contributed by atoms with E-state index in [4.69, 9.17) is 0 Å². The summed E-state index contributed by atoms with van der Waals surface area (Å²) in [7, 11) is 0. The number of hydroxylamine groups is 1. The molecule has 0 N–H and O–H groups in total. The fourth-order valence-electron chi connectivity index (χ4n) is 2.26. The Bertz CT molecular complexity index is 412. The predicted molar refractivity (Wildman–Crippen MR) is 72.1 cm³/mol. The van der Waals surface area contributed by atoms with Crippen molar-refractivity contribution in [3.05, 3.63) is 47.7 Å². The van der Waals surface area contributed by atoms with Crippen LogP contribution in [-0.2, 0) is 0 Å². The van der Waals surface area contributed by atoms with Crippen LogP contribution in [0.25, 0.3) is 5.57 Å². The summed E-state index contributed by atoms with van der Waals surface area (Å²) in [6.07, 6.45) is 5.51. The number of hydrogen-bond donors (Lipinski definition) is 0. The first-order valence-corrected chi connectivity index (χ1v) is 6.30. The molecule has 2 nitrogen and oxygen atoms in total. The van der Waals surface area contributed by atoms with Crippen LogP contribution in [0, 0.1) is 5.21 Å². The molecule has 1 saturated carbocycles. The lowest BCUT2D eigenvalue weighted by Gasteiger charge is -2.15. The molecule has 0 aromatic heterocycles. The van der Waals surface area contributed by atoms with Gasteiger partial charge < -0.3 is 5.21 Å². The summed E-state index contributed by atoms with van der Waals surface area (Å²) in [6.45, 7) is 4.41. The highest BCUT2D eigenvalue weighted by atomic mass is 16.5. The largest absolute Gasteiger partial charge is 0.624 e. The molecular formula is C15H19NO. The molecule has 2 rings (SSSR count).